The normalized spacial score (nSPS) is 8.42. The summed E-state index contributed by atoms with van der Waals surface area (Å²) in [6.07, 6.45) is 0. The van der Waals surface area contributed by atoms with Gasteiger partial charge in [-0.1, -0.05) is 36.9 Å². The molecule has 1 aromatic carbocycles. The molecule has 0 N–H and O–H groups in total. The van der Waals surface area contributed by atoms with Crippen LogP contribution in [0.15, 0.2) is 42.5 Å². The van der Waals surface area contributed by atoms with Crippen LogP contribution in [0, 0.1) is 0 Å². The van der Waals surface area contributed by atoms with E-state index in [1.807, 2.05) is 18.2 Å². The summed E-state index contributed by atoms with van der Waals surface area (Å²) >= 11 is 0. The molecule has 0 unspecified atom stereocenters. The van der Waals surface area contributed by atoms with E-state index in [4.69, 9.17) is 0 Å². The molecule has 12 heavy (non-hydrogen) atoms. The molecule has 0 heterocycles. The summed E-state index contributed by atoms with van der Waals surface area (Å²) in [6.45, 7) is 5.30. The number of carbonyl (C=O) groups excluding carboxylic acids is 1. The Balaban J connectivity index is 0.00000121. The molecule has 0 amide bonds. The van der Waals surface area contributed by atoms with Crippen LogP contribution in [0.25, 0.3) is 0 Å². The van der Waals surface area contributed by atoms with Gasteiger partial charge < -0.3 is 0 Å². The summed E-state index contributed by atoms with van der Waals surface area (Å²) in [7, 11) is 0. The second kappa shape index (κ2) is 5.24. The molecule has 0 spiro atoms. The summed E-state index contributed by atoms with van der Waals surface area (Å²) in [5.41, 5.74) is 1.29. The Bertz CT molecular complexity index is 277. The fourth-order valence-corrected chi connectivity index (χ4v) is 0.836. The molecule has 0 atom stereocenters. The van der Waals surface area contributed by atoms with Gasteiger partial charge in [0.25, 0.3) is 0 Å². The predicted molar refractivity (Wildman–Crippen MR) is 56.9 cm³/mol. The molecule has 2 heteroatoms. The van der Waals surface area contributed by atoms with Crippen molar-refractivity contribution in [2.75, 3.05) is 0 Å². The van der Waals surface area contributed by atoms with Crippen molar-refractivity contribution < 1.29 is 4.79 Å². The van der Waals surface area contributed by atoms with Crippen LogP contribution in [0.4, 0.5) is 0 Å². The Morgan fingerprint density at radius 3 is 2.17 bits per heavy atom. The Kier molecular flexibility index (Phi) is 5.05. The Hall–Kier alpha value is -0.448. The summed E-state index contributed by atoms with van der Waals surface area (Å²) < 4.78 is 0. The van der Waals surface area contributed by atoms with Gasteiger partial charge in [-0.3, -0.25) is 4.79 Å². The third-order valence-corrected chi connectivity index (χ3v) is 1.42. The predicted octanol–water partition coefficient (Wildman–Crippen LogP) is 0.994. The number of ketones is 1. The second-order valence-corrected chi connectivity index (χ2v) is 2.48. The fourth-order valence-electron chi connectivity index (χ4n) is 0.836. The standard InChI is InChI=1S/C10H10O.Pb.4H/c1-8(2)10(11)9-6-4-3-5-7-9;;;;;/h3-7H,1H2,2H3;;;;;. The van der Waals surface area contributed by atoms with Crippen molar-refractivity contribution in [3.8, 4) is 0 Å². The first-order valence-electron chi connectivity index (χ1n) is 3.47. The molecule has 0 radical (unpaired) electrons. The molecular formula is C10H14OPb. The van der Waals surface area contributed by atoms with Crippen LogP contribution in [0.3, 0.4) is 0 Å². The molecule has 0 aliphatic heterocycles. The van der Waals surface area contributed by atoms with E-state index in [0.29, 0.717) is 11.1 Å². The number of allylic oxidation sites excluding steroid dienone is 1. The molecule has 64 valence electrons. The number of hydrogen-bond donors (Lipinski definition) is 0. The van der Waals surface area contributed by atoms with Crippen molar-refractivity contribution in [3.63, 3.8) is 0 Å². The van der Waals surface area contributed by atoms with Crippen molar-refractivity contribution in [1.29, 1.82) is 0 Å². The van der Waals surface area contributed by atoms with Gasteiger partial charge in [0.05, 0.1) is 0 Å². The molecule has 1 aromatic rings. The van der Waals surface area contributed by atoms with E-state index >= 15 is 0 Å². The molecule has 0 aliphatic rings. The quantitative estimate of drug-likeness (QED) is 0.438. The fraction of sp³-hybridized carbons (Fsp3) is 0.100. The maximum absolute atomic E-state index is 11.2. The zero-order chi connectivity index (χ0) is 8.27. The van der Waals surface area contributed by atoms with E-state index in [9.17, 15) is 4.79 Å². The zero-order valence-corrected chi connectivity index (χ0v) is 6.50. The average Bonchev–Trinajstić information content (AvgIpc) is 2.05. The van der Waals surface area contributed by atoms with Crippen LogP contribution in [-0.4, -0.2) is 33.1 Å². The van der Waals surface area contributed by atoms with Crippen LogP contribution in [0.2, 0.25) is 0 Å². The molecule has 0 bridgehead atoms. The Labute approximate surface area is 92.6 Å². The van der Waals surface area contributed by atoms with Crippen LogP contribution < -0.4 is 0 Å². The molecular weight excluding hydrogens is 343 g/mol. The topological polar surface area (TPSA) is 17.1 Å². The van der Waals surface area contributed by atoms with Gasteiger partial charge in [0.1, 0.15) is 0 Å². The van der Waals surface area contributed by atoms with E-state index in [1.165, 1.54) is 0 Å². The zero-order valence-electron chi connectivity index (χ0n) is 6.50. The Morgan fingerprint density at radius 1 is 1.25 bits per heavy atom. The summed E-state index contributed by atoms with van der Waals surface area (Å²) in [5.74, 6) is 0.0191. The molecule has 0 fully saturated rings. The molecule has 1 nitrogen and oxygen atoms in total. The van der Waals surface area contributed by atoms with Crippen LogP contribution in [0.5, 0.6) is 0 Å². The summed E-state index contributed by atoms with van der Waals surface area (Å²) in [5, 5.41) is 0. The third kappa shape index (κ3) is 2.89. The first kappa shape index (κ1) is 11.6. The third-order valence-electron chi connectivity index (χ3n) is 1.42. The van der Waals surface area contributed by atoms with E-state index < -0.39 is 0 Å². The number of rotatable bonds is 2. The first-order chi connectivity index (χ1) is 5.22. The van der Waals surface area contributed by atoms with Gasteiger partial charge in [-0.15, -0.1) is 0 Å². The van der Waals surface area contributed by atoms with Gasteiger partial charge in [-0.05, 0) is 12.5 Å². The van der Waals surface area contributed by atoms with E-state index in [-0.39, 0.29) is 33.1 Å². The van der Waals surface area contributed by atoms with Gasteiger partial charge in [-0.25, -0.2) is 0 Å². The monoisotopic (exact) mass is 358 g/mol. The van der Waals surface area contributed by atoms with Gasteiger partial charge in [-0.2, -0.15) is 0 Å². The van der Waals surface area contributed by atoms with Gasteiger partial charge in [0.2, 0.25) is 0 Å². The van der Waals surface area contributed by atoms with Gasteiger partial charge in [0.15, 0.2) is 5.78 Å². The number of hydrogen-bond acceptors (Lipinski definition) is 1. The van der Waals surface area contributed by atoms with E-state index in [1.54, 1.807) is 19.1 Å². The van der Waals surface area contributed by atoms with Crippen LogP contribution >= 0.6 is 0 Å². The SMILES string of the molecule is C=C(C)C(=O)c1ccccc1.[PbH4]. The molecule has 0 aromatic heterocycles. The van der Waals surface area contributed by atoms with Crippen molar-refractivity contribution in [1.82, 2.24) is 0 Å². The minimum atomic E-state index is 0. The second-order valence-electron chi connectivity index (χ2n) is 2.48. The van der Waals surface area contributed by atoms with Crippen molar-refractivity contribution in [2.45, 2.75) is 6.92 Å². The molecule has 0 saturated heterocycles. The number of benzene rings is 1. The van der Waals surface area contributed by atoms with E-state index in [0.717, 1.165) is 0 Å². The number of carbonyl (C=O) groups is 1. The van der Waals surface area contributed by atoms with E-state index in [2.05, 4.69) is 6.58 Å². The number of Topliss-reactive ketones (excluding diaryl/α,β-unsaturated/α-hetero) is 1. The Morgan fingerprint density at radius 2 is 1.75 bits per heavy atom. The van der Waals surface area contributed by atoms with Gasteiger partial charge in [0, 0.05) is 5.56 Å². The first-order valence-corrected chi connectivity index (χ1v) is 3.47. The van der Waals surface area contributed by atoms with Gasteiger partial charge >= 0.3 is 27.3 Å². The molecule has 0 saturated carbocycles. The minimum absolute atomic E-state index is 0. The maximum atomic E-state index is 11.2. The van der Waals surface area contributed by atoms with Crippen molar-refractivity contribution in [2.24, 2.45) is 0 Å². The molecule has 0 aliphatic carbocycles. The van der Waals surface area contributed by atoms with Crippen molar-refractivity contribution in [3.05, 3.63) is 48.0 Å². The van der Waals surface area contributed by atoms with Crippen LogP contribution in [0.1, 0.15) is 17.3 Å². The van der Waals surface area contributed by atoms with Crippen molar-refractivity contribution >= 4 is 33.1 Å². The summed E-state index contributed by atoms with van der Waals surface area (Å²) in [6, 6.07) is 9.15. The summed E-state index contributed by atoms with van der Waals surface area (Å²) in [4.78, 5) is 11.2. The average molecular weight is 357 g/mol. The molecule has 1 rings (SSSR count). The van der Waals surface area contributed by atoms with Crippen LogP contribution in [-0.2, 0) is 0 Å².